The van der Waals surface area contributed by atoms with Gasteiger partial charge in [-0.05, 0) is 54.3 Å². The van der Waals surface area contributed by atoms with Crippen molar-refractivity contribution < 1.29 is 9.90 Å². The van der Waals surface area contributed by atoms with Crippen LogP contribution in [0.5, 0.6) is 0 Å². The van der Waals surface area contributed by atoms with Crippen molar-refractivity contribution in [2.24, 2.45) is 11.3 Å². The van der Waals surface area contributed by atoms with E-state index in [9.17, 15) is 9.90 Å². The maximum absolute atomic E-state index is 12.8. The third-order valence-electron chi connectivity index (χ3n) is 6.60. The molecule has 1 heterocycles. The zero-order valence-corrected chi connectivity index (χ0v) is 20.7. The van der Waals surface area contributed by atoms with Crippen LogP contribution in [0.15, 0.2) is 60.8 Å². The number of aliphatic hydroxyl groups is 1. The average Bonchev–Trinajstić information content (AvgIpc) is 2.74. The molecule has 0 aliphatic carbocycles. The third kappa shape index (κ3) is 4.98. The Morgan fingerprint density at radius 2 is 1.59 bits per heavy atom. The number of hydrogen-bond donors (Lipinski definition) is 2. The topological polar surface area (TPSA) is 52.6 Å². The van der Waals surface area contributed by atoms with Gasteiger partial charge in [0.25, 0.3) is 5.91 Å². The minimum atomic E-state index is -0.978. The van der Waals surface area contributed by atoms with Crippen LogP contribution in [0.3, 0.4) is 0 Å². The van der Waals surface area contributed by atoms with Gasteiger partial charge in [-0.2, -0.15) is 0 Å². The highest BCUT2D eigenvalue weighted by atomic mass is 35.5. The molecule has 0 unspecified atom stereocenters. The average molecular weight is 475 g/mol. The second-order valence-electron chi connectivity index (χ2n) is 9.62. The molecule has 0 spiro atoms. The van der Waals surface area contributed by atoms with E-state index in [2.05, 4.69) is 44.5 Å². The molecule has 1 fully saturated rings. The number of nitrogens with zero attached hydrogens (tertiary/aromatic N) is 1. The number of amides is 1. The van der Waals surface area contributed by atoms with Gasteiger partial charge in [-0.25, -0.2) is 0 Å². The predicted molar refractivity (Wildman–Crippen MR) is 132 cm³/mol. The van der Waals surface area contributed by atoms with Crippen LogP contribution in [0, 0.1) is 11.3 Å². The molecule has 0 aromatic heterocycles. The van der Waals surface area contributed by atoms with Gasteiger partial charge < -0.3 is 15.3 Å². The van der Waals surface area contributed by atoms with Crippen LogP contribution in [0.25, 0.3) is 0 Å². The molecular formula is C26H32Cl2N2O2. The summed E-state index contributed by atoms with van der Waals surface area (Å²) in [5, 5.41) is 16.0. The summed E-state index contributed by atoms with van der Waals surface area (Å²) < 4.78 is 0. The highest BCUT2D eigenvalue weighted by molar-refractivity contribution is 6.30. The van der Waals surface area contributed by atoms with E-state index in [0.717, 1.165) is 11.3 Å². The highest BCUT2D eigenvalue weighted by Gasteiger charge is 2.49. The van der Waals surface area contributed by atoms with Crippen molar-refractivity contribution in [3.05, 3.63) is 82.0 Å². The molecule has 172 valence electrons. The fourth-order valence-electron chi connectivity index (χ4n) is 4.49. The summed E-state index contributed by atoms with van der Waals surface area (Å²) in [5.74, 6) is -0.00519. The first kappa shape index (κ1) is 24.6. The van der Waals surface area contributed by atoms with Gasteiger partial charge in [0.1, 0.15) is 0 Å². The van der Waals surface area contributed by atoms with E-state index >= 15 is 0 Å². The van der Waals surface area contributed by atoms with Crippen molar-refractivity contribution in [2.75, 3.05) is 13.1 Å². The number of likely N-dealkylation sites (tertiary alicyclic amines) is 1. The summed E-state index contributed by atoms with van der Waals surface area (Å²) in [6.45, 7) is 13.9. The fraction of sp³-hybridized carbons (Fsp3) is 0.423. The first-order valence-electron chi connectivity index (χ1n) is 10.9. The Balaban J connectivity index is 1.76. The number of benzene rings is 2. The number of halogens is 2. The summed E-state index contributed by atoms with van der Waals surface area (Å²) in [6, 6.07) is 14.1. The van der Waals surface area contributed by atoms with Gasteiger partial charge in [-0.15, -0.1) is 0 Å². The first-order valence-corrected chi connectivity index (χ1v) is 11.7. The highest BCUT2D eigenvalue weighted by Crippen LogP contribution is 2.47. The molecule has 32 heavy (non-hydrogen) atoms. The van der Waals surface area contributed by atoms with Crippen molar-refractivity contribution in [3.63, 3.8) is 0 Å². The lowest BCUT2D eigenvalue weighted by atomic mass is 9.66. The summed E-state index contributed by atoms with van der Waals surface area (Å²) >= 11 is 12.0. The standard InChI is InChI=1S/C26H32Cl2N2O2/c1-17(2)23(29-24(31)19-6-10-21(27)11-7-19)18(3)30-15-14-26(32,25(4,5)16-30)20-8-12-22(28)13-9-20/h6-13,17,23,32H,3,14-16H2,1-2,4-5H3,(H,29,31)/t23-,26-/m1/s1. The first-order chi connectivity index (χ1) is 14.9. The van der Waals surface area contributed by atoms with Crippen molar-refractivity contribution >= 4 is 29.1 Å². The number of rotatable bonds is 6. The summed E-state index contributed by atoms with van der Waals surface area (Å²) in [4.78, 5) is 15.0. The van der Waals surface area contributed by atoms with Gasteiger partial charge in [-0.1, -0.05) is 69.6 Å². The van der Waals surface area contributed by atoms with Crippen LogP contribution in [0.2, 0.25) is 10.0 Å². The lowest BCUT2D eigenvalue weighted by Crippen LogP contribution is -2.57. The summed E-state index contributed by atoms with van der Waals surface area (Å²) in [6.07, 6.45) is 0.552. The molecule has 2 N–H and O–H groups in total. The Bertz CT molecular complexity index is 970. The maximum Gasteiger partial charge on any atom is 0.251 e. The van der Waals surface area contributed by atoms with E-state index in [1.807, 2.05) is 24.3 Å². The van der Waals surface area contributed by atoms with Crippen molar-refractivity contribution in [3.8, 4) is 0 Å². The number of carbonyl (C=O) groups excluding carboxylic acids is 1. The van der Waals surface area contributed by atoms with Crippen LogP contribution >= 0.6 is 23.2 Å². The Morgan fingerprint density at radius 1 is 1.06 bits per heavy atom. The third-order valence-corrected chi connectivity index (χ3v) is 7.10. The lowest BCUT2D eigenvalue weighted by Gasteiger charge is -2.52. The SMILES string of the molecule is C=C([C@H](NC(=O)c1ccc(Cl)cc1)C(C)C)N1CC[C@@](O)(c2ccc(Cl)cc2)C(C)(C)C1. The second kappa shape index (κ2) is 9.46. The van der Waals surface area contributed by atoms with Crippen LogP contribution in [0.1, 0.15) is 50.0 Å². The van der Waals surface area contributed by atoms with E-state index in [4.69, 9.17) is 23.2 Å². The summed E-state index contributed by atoms with van der Waals surface area (Å²) in [7, 11) is 0. The predicted octanol–water partition coefficient (Wildman–Crippen LogP) is 5.88. The van der Waals surface area contributed by atoms with Crippen molar-refractivity contribution in [2.45, 2.75) is 45.8 Å². The van der Waals surface area contributed by atoms with Crippen LogP contribution < -0.4 is 5.32 Å². The number of piperidine rings is 1. The van der Waals surface area contributed by atoms with E-state index in [1.54, 1.807) is 24.3 Å². The number of hydrogen-bond acceptors (Lipinski definition) is 3. The molecule has 2 aromatic rings. The number of carbonyl (C=O) groups is 1. The monoisotopic (exact) mass is 474 g/mol. The minimum absolute atomic E-state index is 0.152. The van der Waals surface area contributed by atoms with E-state index in [0.29, 0.717) is 35.1 Å². The fourth-order valence-corrected chi connectivity index (χ4v) is 4.74. The molecule has 2 aromatic carbocycles. The van der Waals surface area contributed by atoms with E-state index in [-0.39, 0.29) is 17.9 Å². The van der Waals surface area contributed by atoms with E-state index in [1.165, 1.54) is 0 Å². The Hall–Kier alpha value is -2.01. The van der Waals surface area contributed by atoms with Crippen LogP contribution in [-0.4, -0.2) is 35.0 Å². The molecule has 0 bridgehead atoms. The molecule has 6 heteroatoms. The zero-order chi connectivity index (χ0) is 23.7. The Morgan fingerprint density at radius 3 is 2.09 bits per heavy atom. The molecule has 3 rings (SSSR count). The molecule has 1 saturated heterocycles. The van der Waals surface area contributed by atoms with E-state index < -0.39 is 11.0 Å². The largest absolute Gasteiger partial charge is 0.384 e. The van der Waals surface area contributed by atoms with Gasteiger partial charge in [0, 0.05) is 39.8 Å². The van der Waals surface area contributed by atoms with Gasteiger partial charge >= 0.3 is 0 Å². The molecule has 4 nitrogen and oxygen atoms in total. The normalized spacial score (nSPS) is 21.3. The van der Waals surface area contributed by atoms with Gasteiger partial charge in [-0.3, -0.25) is 4.79 Å². The maximum atomic E-state index is 12.8. The minimum Gasteiger partial charge on any atom is -0.384 e. The molecular weight excluding hydrogens is 443 g/mol. The van der Waals surface area contributed by atoms with Crippen LogP contribution in [0.4, 0.5) is 0 Å². The van der Waals surface area contributed by atoms with Crippen molar-refractivity contribution in [1.82, 2.24) is 10.2 Å². The molecule has 1 aliphatic rings. The van der Waals surface area contributed by atoms with Crippen LogP contribution in [-0.2, 0) is 5.60 Å². The lowest BCUT2D eigenvalue weighted by molar-refractivity contribution is -0.120. The molecule has 2 atom stereocenters. The van der Waals surface area contributed by atoms with Gasteiger partial charge in [0.15, 0.2) is 0 Å². The zero-order valence-electron chi connectivity index (χ0n) is 19.2. The Labute approximate surface area is 201 Å². The Kier molecular flexibility index (Phi) is 7.28. The van der Waals surface area contributed by atoms with Gasteiger partial charge in [0.05, 0.1) is 11.6 Å². The van der Waals surface area contributed by atoms with Crippen molar-refractivity contribution in [1.29, 1.82) is 0 Å². The summed E-state index contributed by atoms with van der Waals surface area (Å²) in [5.41, 5.74) is 0.865. The number of nitrogens with one attached hydrogen (secondary N) is 1. The smallest absolute Gasteiger partial charge is 0.251 e. The molecule has 0 saturated carbocycles. The molecule has 0 radical (unpaired) electrons. The molecule has 1 aliphatic heterocycles. The van der Waals surface area contributed by atoms with Gasteiger partial charge in [0.2, 0.25) is 0 Å². The second-order valence-corrected chi connectivity index (χ2v) is 10.5. The quantitative estimate of drug-likeness (QED) is 0.549. The molecule has 1 amide bonds.